The van der Waals surface area contributed by atoms with E-state index in [0.717, 1.165) is 48.5 Å². The fourth-order valence-corrected chi connectivity index (χ4v) is 4.91. The van der Waals surface area contributed by atoms with Crippen LogP contribution >= 0.6 is 11.6 Å². The molecule has 0 aliphatic carbocycles. The number of benzene rings is 2. The SMILES string of the molecule is CCCc1nnc2c(=O)n(Cc3ccc(C)cc3)ccn12.CCCc1nnc2c(=O)n(Cc3cccc(Cl)c3)ccn12. The van der Waals surface area contributed by atoms with Crippen LogP contribution in [0.15, 0.2) is 82.9 Å². The molecule has 4 aromatic heterocycles. The zero-order valence-corrected chi connectivity index (χ0v) is 24.7. The van der Waals surface area contributed by atoms with E-state index in [2.05, 4.69) is 46.4 Å². The minimum atomic E-state index is -0.146. The van der Waals surface area contributed by atoms with E-state index in [1.165, 1.54) is 5.56 Å². The van der Waals surface area contributed by atoms with Crippen molar-refractivity contribution in [3.63, 3.8) is 0 Å². The molecule has 0 spiro atoms. The third kappa shape index (κ3) is 6.33. The van der Waals surface area contributed by atoms with Crippen LogP contribution in [0, 0.1) is 6.92 Å². The molecule has 0 atom stereocenters. The molecule has 0 aliphatic rings. The average molecular weight is 585 g/mol. The molecule has 6 aromatic rings. The first-order chi connectivity index (χ1) is 20.4. The molecule has 42 heavy (non-hydrogen) atoms. The van der Waals surface area contributed by atoms with Gasteiger partial charge in [0.15, 0.2) is 0 Å². The van der Waals surface area contributed by atoms with Crippen LogP contribution in [0.2, 0.25) is 5.02 Å². The van der Waals surface area contributed by atoms with Crippen molar-refractivity contribution in [1.82, 2.24) is 38.3 Å². The summed E-state index contributed by atoms with van der Waals surface area (Å²) in [6.07, 6.45) is 10.8. The maximum Gasteiger partial charge on any atom is 0.296 e. The molecule has 0 radical (unpaired) electrons. The summed E-state index contributed by atoms with van der Waals surface area (Å²) in [7, 11) is 0. The number of rotatable bonds is 8. The molecule has 0 bridgehead atoms. The number of halogens is 1. The smallest absolute Gasteiger partial charge is 0.296 e. The van der Waals surface area contributed by atoms with E-state index in [0.29, 0.717) is 29.4 Å². The summed E-state index contributed by atoms with van der Waals surface area (Å²) in [6.45, 7) is 7.21. The summed E-state index contributed by atoms with van der Waals surface area (Å²) >= 11 is 5.97. The van der Waals surface area contributed by atoms with Gasteiger partial charge in [0.2, 0.25) is 11.3 Å². The molecule has 10 nitrogen and oxygen atoms in total. The lowest BCUT2D eigenvalue weighted by Gasteiger charge is -2.07. The van der Waals surface area contributed by atoms with Gasteiger partial charge >= 0.3 is 0 Å². The molecule has 0 amide bonds. The van der Waals surface area contributed by atoms with E-state index in [9.17, 15) is 9.59 Å². The fraction of sp³-hybridized carbons (Fsp3) is 0.290. The Kier molecular flexibility index (Phi) is 8.92. The van der Waals surface area contributed by atoms with Gasteiger partial charge in [-0.1, -0.05) is 67.4 Å². The number of aromatic nitrogens is 8. The maximum absolute atomic E-state index is 12.5. The van der Waals surface area contributed by atoms with Crippen LogP contribution in [0.3, 0.4) is 0 Å². The zero-order chi connectivity index (χ0) is 29.6. The van der Waals surface area contributed by atoms with E-state index in [4.69, 9.17) is 11.6 Å². The van der Waals surface area contributed by atoms with Crippen molar-refractivity contribution in [2.24, 2.45) is 0 Å². The lowest BCUT2D eigenvalue weighted by molar-refractivity contribution is 0.743. The molecular formula is C31H33ClN8O2. The number of fused-ring (bicyclic) bond motifs is 2. The van der Waals surface area contributed by atoms with E-state index < -0.39 is 0 Å². The van der Waals surface area contributed by atoms with Crippen molar-refractivity contribution in [3.8, 4) is 0 Å². The van der Waals surface area contributed by atoms with Crippen molar-refractivity contribution >= 4 is 22.9 Å². The van der Waals surface area contributed by atoms with Gasteiger partial charge in [0.1, 0.15) is 11.6 Å². The molecule has 0 N–H and O–H groups in total. The minimum Gasteiger partial charge on any atom is -0.306 e. The first-order valence-electron chi connectivity index (χ1n) is 14.0. The zero-order valence-electron chi connectivity index (χ0n) is 23.9. The van der Waals surface area contributed by atoms with Crippen molar-refractivity contribution < 1.29 is 0 Å². The van der Waals surface area contributed by atoms with Crippen LogP contribution in [0.25, 0.3) is 11.3 Å². The Balaban J connectivity index is 0.000000168. The van der Waals surface area contributed by atoms with Gasteiger partial charge in [0.05, 0.1) is 13.1 Å². The molecule has 0 fully saturated rings. The number of hydrogen-bond acceptors (Lipinski definition) is 6. The maximum atomic E-state index is 12.5. The molecule has 6 rings (SSSR count). The van der Waals surface area contributed by atoms with Gasteiger partial charge in [0, 0.05) is 42.7 Å². The van der Waals surface area contributed by atoms with E-state index in [1.54, 1.807) is 30.3 Å². The second kappa shape index (κ2) is 12.9. The second-order valence-corrected chi connectivity index (χ2v) is 10.6. The highest BCUT2D eigenvalue weighted by Crippen LogP contribution is 2.12. The molecule has 216 valence electrons. The van der Waals surface area contributed by atoms with Crippen molar-refractivity contribution in [1.29, 1.82) is 0 Å². The Labute approximate surface area is 247 Å². The van der Waals surface area contributed by atoms with E-state index in [1.807, 2.05) is 55.7 Å². The van der Waals surface area contributed by atoms with Crippen molar-refractivity contribution in [2.45, 2.75) is 59.5 Å². The van der Waals surface area contributed by atoms with E-state index in [-0.39, 0.29) is 11.1 Å². The van der Waals surface area contributed by atoms with Crippen molar-refractivity contribution in [2.75, 3.05) is 0 Å². The Morgan fingerprint density at radius 1 is 0.667 bits per heavy atom. The summed E-state index contributed by atoms with van der Waals surface area (Å²) in [5.74, 6) is 1.66. The molecule has 0 saturated heterocycles. The Morgan fingerprint density at radius 2 is 1.19 bits per heavy atom. The summed E-state index contributed by atoms with van der Waals surface area (Å²) in [6, 6.07) is 15.7. The van der Waals surface area contributed by atoms with Gasteiger partial charge in [-0.25, -0.2) is 0 Å². The third-order valence-electron chi connectivity index (χ3n) is 6.89. The van der Waals surface area contributed by atoms with Gasteiger partial charge < -0.3 is 9.13 Å². The molecular weight excluding hydrogens is 552 g/mol. The molecule has 4 heterocycles. The molecule has 0 unspecified atom stereocenters. The number of aryl methyl sites for hydroxylation is 3. The highest BCUT2D eigenvalue weighted by Gasteiger charge is 2.11. The first kappa shape index (κ1) is 28.9. The number of nitrogens with zero attached hydrogens (tertiary/aromatic N) is 8. The average Bonchev–Trinajstić information content (AvgIpc) is 3.59. The standard InChI is InChI=1S/C16H18N4O.C15H15ClN4O/c1-3-4-14-17-18-15-16(21)19(9-10-20(14)15)11-13-7-5-12(2)6-8-13;1-2-4-13-17-18-14-15(21)19(7-8-20(13)14)10-11-5-3-6-12(16)9-11/h5-10H,3-4,11H2,1-2H3;3,5-9H,2,4,10H2,1H3. The van der Waals surface area contributed by atoms with Crippen LogP contribution in [-0.2, 0) is 25.9 Å². The lowest BCUT2D eigenvalue weighted by atomic mass is 10.1. The Bertz CT molecular complexity index is 1940. The quantitative estimate of drug-likeness (QED) is 0.256. The van der Waals surface area contributed by atoms with Gasteiger partial charge in [-0.2, -0.15) is 0 Å². The summed E-state index contributed by atoms with van der Waals surface area (Å²) < 4.78 is 6.84. The molecule has 11 heteroatoms. The lowest BCUT2D eigenvalue weighted by Crippen LogP contribution is -2.22. The highest BCUT2D eigenvalue weighted by molar-refractivity contribution is 6.30. The molecule has 0 aliphatic heterocycles. The van der Waals surface area contributed by atoms with Gasteiger partial charge in [0.25, 0.3) is 11.1 Å². The van der Waals surface area contributed by atoms with Crippen LogP contribution in [0.1, 0.15) is 55.0 Å². The predicted molar refractivity (Wildman–Crippen MR) is 163 cm³/mol. The van der Waals surface area contributed by atoms with Crippen LogP contribution in [-0.4, -0.2) is 38.3 Å². The summed E-state index contributed by atoms with van der Waals surface area (Å²) in [4.78, 5) is 24.9. The van der Waals surface area contributed by atoms with Gasteiger partial charge in [-0.3, -0.25) is 18.4 Å². The van der Waals surface area contributed by atoms with Crippen LogP contribution in [0.5, 0.6) is 0 Å². The van der Waals surface area contributed by atoms with Crippen LogP contribution < -0.4 is 11.1 Å². The predicted octanol–water partition coefficient (Wildman–Crippen LogP) is 4.75. The van der Waals surface area contributed by atoms with Gasteiger partial charge in [-0.15, -0.1) is 20.4 Å². The van der Waals surface area contributed by atoms with Gasteiger partial charge in [-0.05, 0) is 43.0 Å². The highest BCUT2D eigenvalue weighted by atomic mass is 35.5. The normalized spacial score (nSPS) is 11.1. The molecule has 0 saturated carbocycles. The number of hydrogen-bond donors (Lipinski definition) is 0. The summed E-state index contributed by atoms with van der Waals surface area (Å²) in [5.41, 5.74) is 3.79. The van der Waals surface area contributed by atoms with Crippen LogP contribution in [0.4, 0.5) is 0 Å². The van der Waals surface area contributed by atoms with Crippen molar-refractivity contribution in [3.05, 3.63) is 127 Å². The first-order valence-corrected chi connectivity index (χ1v) is 14.4. The molecule has 2 aromatic carbocycles. The fourth-order valence-electron chi connectivity index (χ4n) is 4.70. The summed E-state index contributed by atoms with van der Waals surface area (Å²) in [5, 5.41) is 16.9. The Hall–Kier alpha value is -4.57. The largest absolute Gasteiger partial charge is 0.306 e. The topological polar surface area (TPSA) is 104 Å². The second-order valence-electron chi connectivity index (χ2n) is 10.2. The third-order valence-corrected chi connectivity index (χ3v) is 7.13. The van der Waals surface area contributed by atoms with E-state index >= 15 is 0 Å². The Morgan fingerprint density at radius 3 is 1.69 bits per heavy atom. The minimum absolute atomic E-state index is 0.104. The monoisotopic (exact) mass is 584 g/mol.